The van der Waals surface area contributed by atoms with Crippen molar-refractivity contribution in [2.45, 2.75) is 19.6 Å². The molecule has 0 saturated carbocycles. The van der Waals surface area contributed by atoms with Crippen molar-refractivity contribution < 1.29 is 0 Å². The topological polar surface area (TPSA) is 4.93 Å². The summed E-state index contributed by atoms with van der Waals surface area (Å²) >= 11 is 1.90. The summed E-state index contributed by atoms with van der Waals surface area (Å²) in [6.07, 6.45) is 0. The van der Waals surface area contributed by atoms with Crippen molar-refractivity contribution in [1.29, 1.82) is 0 Å². The molecule has 0 unspecified atom stereocenters. The van der Waals surface area contributed by atoms with Crippen LogP contribution in [0, 0.1) is 0 Å². The number of thiophene rings is 1. The van der Waals surface area contributed by atoms with E-state index >= 15 is 0 Å². The number of rotatable bonds is 3. The van der Waals surface area contributed by atoms with E-state index in [0.717, 1.165) is 0 Å². The maximum absolute atomic E-state index is 2.42. The van der Waals surface area contributed by atoms with E-state index in [-0.39, 0.29) is 0 Å². The van der Waals surface area contributed by atoms with Crippen LogP contribution in [-0.2, 0) is 0 Å². The van der Waals surface area contributed by atoms with E-state index < -0.39 is 8.07 Å². The summed E-state index contributed by atoms with van der Waals surface area (Å²) in [6, 6.07) is 40.5. The summed E-state index contributed by atoms with van der Waals surface area (Å²) in [7, 11) is -1.34. The van der Waals surface area contributed by atoms with Crippen LogP contribution in [-0.4, -0.2) is 12.6 Å². The predicted octanol–water partition coefficient (Wildman–Crippen LogP) is 9.36. The molecule has 0 aliphatic heterocycles. The third-order valence-corrected chi connectivity index (χ3v) is 10.7. The van der Waals surface area contributed by atoms with E-state index in [4.69, 9.17) is 0 Å². The number of hydrogen-bond acceptors (Lipinski definition) is 1. The third kappa shape index (κ3) is 3.27. The molecule has 1 nitrogen and oxygen atoms in total. The summed E-state index contributed by atoms with van der Waals surface area (Å²) in [5.41, 5.74) is 6.32. The Morgan fingerprint density at radius 1 is 0.583 bits per heavy atom. The van der Waals surface area contributed by atoms with E-state index in [1.807, 2.05) is 11.3 Å². The fraction of sp³-hybridized carbons (Fsp3) is 0.0909. The van der Waals surface area contributed by atoms with Crippen molar-refractivity contribution in [3.63, 3.8) is 0 Å². The van der Waals surface area contributed by atoms with Gasteiger partial charge in [-0.25, -0.2) is 0 Å². The molecule has 3 heteroatoms. The zero-order valence-corrected chi connectivity index (χ0v) is 22.6. The smallest absolute Gasteiger partial charge is 0.0775 e. The van der Waals surface area contributed by atoms with E-state index in [2.05, 4.69) is 133 Å². The first-order chi connectivity index (χ1) is 17.5. The first kappa shape index (κ1) is 21.6. The molecule has 36 heavy (non-hydrogen) atoms. The molecular weight excluding hydrogens is 471 g/mol. The van der Waals surface area contributed by atoms with Crippen LogP contribution < -0.4 is 5.19 Å². The Morgan fingerprint density at radius 2 is 1.28 bits per heavy atom. The van der Waals surface area contributed by atoms with Gasteiger partial charge in [-0.3, -0.25) is 0 Å². The molecular formula is C33H27NSSi. The van der Waals surface area contributed by atoms with Gasteiger partial charge in [0, 0.05) is 36.6 Å². The highest BCUT2D eigenvalue weighted by molar-refractivity contribution is 7.26. The van der Waals surface area contributed by atoms with Gasteiger partial charge in [-0.2, -0.15) is 0 Å². The van der Waals surface area contributed by atoms with E-state index in [0.29, 0.717) is 0 Å². The van der Waals surface area contributed by atoms with Crippen molar-refractivity contribution in [1.82, 2.24) is 4.57 Å². The highest BCUT2D eigenvalue weighted by Crippen LogP contribution is 2.41. The van der Waals surface area contributed by atoms with Crippen LogP contribution in [0.15, 0.2) is 109 Å². The Hall–Kier alpha value is -3.66. The molecule has 0 amide bonds. The quantitative estimate of drug-likeness (QED) is 0.214. The zero-order chi connectivity index (χ0) is 24.4. The van der Waals surface area contributed by atoms with E-state index in [9.17, 15) is 0 Å². The first-order valence-electron chi connectivity index (χ1n) is 12.5. The van der Waals surface area contributed by atoms with Gasteiger partial charge >= 0.3 is 0 Å². The number of aromatic nitrogens is 1. The molecule has 5 aromatic carbocycles. The van der Waals surface area contributed by atoms with Gasteiger partial charge in [-0.15, -0.1) is 11.3 Å². The number of benzene rings is 5. The van der Waals surface area contributed by atoms with Crippen molar-refractivity contribution in [2.75, 3.05) is 0 Å². The Bertz CT molecular complexity index is 1920. The molecule has 2 heterocycles. The molecule has 0 atom stereocenters. The van der Waals surface area contributed by atoms with Crippen LogP contribution in [0.3, 0.4) is 0 Å². The maximum Gasteiger partial charge on any atom is 0.0775 e. The second-order valence-electron chi connectivity index (χ2n) is 10.7. The second-order valence-corrected chi connectivity index (χ2v) is 16.8. The molecule has 0 aliphatic carbocycles. The average Bonchev–Trinajstić information content (AvgIpc) is 3.44. The normalized spacial score (nSPS) is 12.3. The fourth-order valence-corrected chi connectivity index (χ4v) is 7.91. The summed E-state index contributed by atoms with van der Waals surface area (Å²) in [4.78, 5) is 0. The summed E-state index contributed by atoms with van der Waals surface area (Å²) < 4.78 is 5.13. The lowest BCUT2D eigenvalue weighted by atomic mass is 10.0. The SMILES string of the molecule is C[Si](C)(C)c1ccc(-n2c3ccccc3c3cc(-c4cccc5c4sc4ccccc45)ccc32)cc1. The Morgan fingerprint density at radius 3 is 2.08 bits per heavy atom. The van der Waals surface area contributed by atoms with Crippen molar-refractivity contribution in [3.05, 3.63) is 109 Å². The lowest BCUT2D eigenvalue weighted by Gasteiger charge is -2.17. The molecule has 0 radical (unpaired) electrons. The van der Waals surface area contributed by atoms with Crippen LogP contribution in [0.25, 0.3) is 58.8 Å². The average molecular weight is 498 g/mol. The van der Waals surface area contributed by atoms with Crippen LogP contribution in [0.1, 0.15) is 0 Å². The van der Waals surface area contributed by atoms with E-state index in [1.165, 1.54) is 64.0 Å². The lowest BCUT2D eigenvalue weighted by Crippen LogP contribution is -2.37. The molecule has 0 aliphatic rings. The van der Waals surface area contributed by atoms with Gasteiger partial charge in [0.15, 0.2) is 0 Å². The van der Waals surface area contributed by atoms with Gasteiger partial charge in [0.1, 0.15) is 0 Å². The second kappa shape index (κ2) is 7.92. The molecule has 174 valence electrons. The largest absolute Gasteiger partial charge is 0.309 e. The number of nitrogens with zero attached hydrogens (tertiary/aromatic N) is 1. The van der Waals surface area contributed by atoms with Gasteiger partial charge in [-0.05, 0) is 47.5 Å². The highest BCUT2D eigenvalue weighted by atomic mass is 32.1. The monoisotopic (exact) mass is 497 g/mol. The highest BCUT2D eigenvalue weighted by Gasteiger charge is 2.18. The standard InChI is InChI=1S/C33H27NSSi/c1-36(2,3)24-18-16-23(17-19-24)34-30-13-6-4-9-26(30)29-21-22(15-20-31(29)34)25-11-8-12-28-27-10-5-7-14-32(27)35-33(25)28/h4-21H,1-3H3. The first-order valence-corrected chi connectivity index (χ1v) is 16.9. The van der Waals surface area contributed by atoms with Gasteiger partial charge in [0.05, 0.1) is 19.1 Å². The molecule has 0 saturated heterocycles. The Labute approximate surface area is 216 Å². The third-order valence-electron chi connectivity index (χ3n) is 7.38. The van der Waals surface area contributed by atoms with Crippen LogP contribution in [0.4, 0.5) is 0 Å². The molecule has 7 rings (SSSR count). The molecule has 0 N–H and O–H groups in total. The fourth-order valence-electron chi connectivity index (χ4n) is 5.50. The maximum atomic E-state index is 2.42. The number of fused-ring (bicyclic) bond motifs is 6. The molecule has 0 fully saturated rings. The van der Waals surface area contributed by atoms with Gasteiger partial charge in [-0.1, -0.05) is 97.6 Å². The molecule has 0 spiro atoms. The van der Waals surface area contributed by atoms with E-state index in [1.54, 1.807) is 0 Å². The zero-order valence-electron chi connectivity index (χ0n) is 20.7. The van der Waals surface area contributed by atoms with Gasteiger partial charge in [0.2, 0.25) is 0 Å². The van der Waals surface area contributed by atoms with Crippen molar-refractivity contribution in [2.24, 2.45) is 0 Å². The summed E-state index contributed by atoms with van der Waals surface area (Å²) in [6.45, 7) is 7.21. The molecule has 7 aromatic rings. The number of para-hydroxylation sites is 1. The lowest BCUT2D eigenvalue weighted by molar-refractivity contribution is 1.18. The van der Waals surface area contributed by atoms with Gasteiger partial charge < -0.3 is 4.57 Å². The molecule has 2 aromatic heterocycles. The van der Waals surface area contributed by atoms with Crippen molar-refractivity contribution in [3.8, 4) is 16.8 Å². The minimum atomic E-state index is -1.34. The Balaban J connectivity index is 1.46. The minimum Gasteiger partial charge on any atom is -0.309 e. The Kier molecular flexibility index (Phi) is 4.75. The van der Waals surface area contributed by atoms with Crippen molar-refractivity contribution >= 4 is 66.6 Å². The van der Waals surface area contributed by atoms with Crippen LogP contribution in [0.2, 0.25) is 19.6 Å². The minimum absolute atomic E-state index is 1.22. The summed E-state index contributed by atoms with van der Waals surface area (Å²) in [5.74, 6) is 0. The van der Waals surface area contributed by atoms with Crippen LogP contribution >= 0.6 is 11.3 Å². The number of hydrogen-bond donors (Lipinski definition) is 0. The predicted molar refractivity (Wildman–Crippen MR) is 162 cm³/mol. The summed E-state index contributed by atoms with van der Waals surface area (Å²) in [5, 5.41) is 6.78. The van der Waals surface area contributed by atoms with Gasteiger partial charge in [0.25, 0.3) is 0 Å². The molecule has 0 bridgehead atoms. The van der Waals surface area contributed by atoms with Crippen LogP contribution in [0.5, 0.6) is 0 Å².